The average molecular weight is 501 g/mol. The third-order valence-electron chi connectivity index (χ3n) is 4.11. The predicted octanol–water partition coefficient (Wildman–Crippen LogP) is 7.33. The lowest BCUT2D eigenvalue weighted by molar-refractivity contribution is 0.409. The number of methoxy groups -OCH3 is 1. The molecule has 0 amide bonds. The van der Waals surface area contributed by atoms with E-state index in [0.29, 0.717) is 5.76 Å². The highest BCUT2D eigenvalue weighted by Crippen LogP contribution is 2.38. The lowest BCUT2D eigenvalue weighted by Crippen LogP contribution is -1.87. The zero-order valence-corrected chi connectivity index (χ0v) is 18.0. The van der Waals surface area contributed by atoms with Crippen LogP contribution >= 0.6 is 31.9 Å². The summed E-state index contributed by atoms with van der Waals surface area (Å²) in [6.07, 6.45) is 0. The van der Waals surface area contributed by atoms with Crippen molar-refractivity contribution in [3.05, 3.63) is 81.7 Å². The molecule has 0 bridgehead atoms. The monoisotopic (exact) mass is 499 g/mol. The van der Waals surface area contributed by atoms with Crippen molar-refractivity contribution in [1.29, 1.82) is 0 Å². The second-order valence-electron chi connectivity index (χ2n) is 5.99. The highest BCUT2D eigenvalue weighted by molar-refractivity contribution is 9.11. The minimum Gasteiger partial charge on any atom is -0.494 e. The fraction of sp³-hybridized carbons (Fsp3) is 0.0455. The SMILES string of the molecule is COc1c(Br)cc(-c2cc(-c3cccc(Oc4ccccc4)c3)on2)cc1Br. The Morgan fingerprint density at radius 1 is 0.786 bits per heavy atom. The first-order valence-corrected chi connectivity index (χ1v) is 10.1. The molecule has 0 N–H and O–H groups in total. The minimum atomic E-state index is 0.663. The van der Waals surface area contributed by atoms with Crippen LogP contribution < -0.4 is 9.47 Å². The van der Waals surface area contributed by atoms with Crippen molar-refractivity contribution in [1.82, 2.24) is 5.16 Å². The molecular weight excluding hydrogens is 486 g/mol. The molecule has 0 fully saturated rings. The van der Waals surface area contributed by atoms with Crippen molar-refractivity contribution >= 4 is 31.9 Å². The molecule has 0 aliphatic rings. The van der Waals surface area contributed by atoms with Crippen molar-refractivity contribution in [2.75, 3.05) is 7.11 Å². The van der Waals surface area contributed by atoms with Gasteiger partial charge in [0.1, 0.15) is 22.9 Å². The van der Waals surface area contributed by atoms with Gasteiger partial charge < -0.3 is 14.0 Å². The Labute approximate surface area is 179 Å². The molecule has 0 spiro atoms. The summed E-state index contributed by atoms with van der Waals surface area (Å²) in [7, 11) is 1.63. The summed E-state index contributed by atoms with van der Waals surface area (Å²) >= 11 is 7.04. The quantitative estimate of drug-likeness (QED) is 0.287. The Hall–Kier alpha value is -2.57. The molecule has 1 heterocycles. The van der Waals surface area contributed by atoms with E-state index in [2.05, 4.69) is 37.0 Å². The second kappa shape index (κ2) is 8.20. The third kappa shape index (κ3) is 3.98. The van der Waals surface area contributed by atoms with E-state index in [4.69, 9.17) is 14.0 Å². The molecule has 28 heavy (non-hydrogen) atoms. The van der Waals surface area contributed by atoms with Crippen LogP contribution in [0.2, 0.25) is 0 Å². The van der Waals surface area contributed by atoms with Gasteiger partial charge in [0.25, 0.3) is 0 Å². The Bertz CT molecular complexity index is 1090. The van der Waals surface area contributed by atoms with E-state index in [9.17, 15) is 0 Å². The molecule has 140 valence electrons. The summed E-state index contributed by atoms with van der Waals surface area (Å²) in [5.41, 5.74) is 2.53. The van der Waals surface area contributed by atoms with Gasteiger partial charge in [0.15, 0.2) is 5.76 Å². The molecule has 6 heteroatoms. The maximum Gasteiger partial charge on any atom is 0.167 e. The van der Waals surface area contributed by atoms with Crippen LogP contribution in [0.25, 0.3) is 22.6 Å². The predicted molar refractivity (Wildman–Crippen MR) is 116 cm³/mol. The number of halogens is 2. The van der Waals surface area contributed by atoms with Crippen LogP contribution in [0.15, 0.2) is 86.3 Å². The van der Waals surface area contributed by atoms with Gasteiger partial charge in [-0.1, -0.05) is 35.5 Å². The number of rotatable bonds is 5. The van der Waals surface area contributed by atoms with Crippen molar-refractivity contribution in [2.45, 2.75) is 0 Å². The fourth-order valence-electron chi connectivity index (χ4n) is 2.79. The van der Waals surface area contributed by atoms with E-state index in [0.717, 1.165) is 43.0 Å². The van der Waals surface area contributed by atoms with Gasteiger partial charge in [0, 0.05) is 17.2 Å². The third-order valence-corrected chi connectivity index (χ3v) is 5.28. The van der Waals surface area contributed by atoms with E-state index in [1.165, 1.54) is 0 Å². The van der Waals surface area contributed by atoms with Gasteiger partial charge in [-0.3, -0.25) is 0 Å². The molecule has 0 atom stereocenters. The van der Waals surface area contributed by atoms with E-state index >= 15 is 0 Å². The van der Waals surface area contributed by atoms with Gasteiger partial charge in [-0.15, -0.1) is 0 Å². The molecule has 0 radical (unpaired) electrons. The summed E-state index contributed by atoms with van der Waals surface area (Å²) in [6.45, 7) is 0. The molecule has 0 unspecified atom stereocenters. The molecule has 0 aliphatic heterocycles. The number of hydrogen-bond acceptors (Lipinski definition) is 4. The summed E-state index contributed by atoms with van der Waals surface area (Å²) in [5.74, 6) is 2.91. The largest absolute Gasteiger partial charge is 0.494 e. The van der Waals surface area contributed by atoms with Crippen LogP contribution in [0.3, 0.4) is 0 Å². The topological polar surface area (TPSA) is 44.5 Å². The van der Waals surface area contributed by atoms with Gasteiger partial charge in [0.05, 0.1) is 16.1 Å². The number of ether oxygens (including phenoxy) is 2. The normalized spacial score (nSPS) is 10.7. The van der Waals surface area contributed by atoms with Gasteiger partial charge in [-0.05, 0) is 68.3 Å². The molecule has 4 nitrogen and oxygen atoms in total. The molecule has 0 saturated carbocycles. The summed E-state index contributed by atoms with van der Waals surface area (Å²) in [5, 5.41) is 4.22. The second-order valence-corrected chi connectivity index (χ2v) is 7.70. The molecular formula is C22H15Br2NO3. The van der Waals surface area contributed by atoms with Gasteiger partial charge in [0.2, 0.25) is 0 Å². The van der Waals surface area contributed by atoms with E-state index in [1.54, 1.807) is 7.11 Å². The van der Waals surface area contributed by atoms with Crippen LogP contribution in [0.5, 0.6) is 17.2 Å². The minimum absolute atomic E-state index is 0.663. The molecule has 0 aliphatic carbocycles. The number of para-hydroxylation sites is 1. The summed E-state index contributed by atoms with van der Waals surface area (Å²) in [6, 6.07) is 23.2. The standard InChI is InChI=1S/C22H15Br2NO3/c1-26-22-18(23)11-15(12-19(22)24)20-13-21(28-25-20)14-6-5-9-17(10-14)27-16-7-3-2-4-8-16/h2-13H,1H3. The highest BCUT2D eigenvalue weighted by atomic mass is 79.9. The van der Waals surface area contributed by atoms with E-state index in [-0.39, 0.29) is 0 Å². The van der Waals surface area contributed by atoms with Gasteiger partial charge >= 0.3 is 0 Å². The summed E-state index contributed by atoms with van der Waals surface area (Å²) in [4.78, 5) is 0. The van der Waals surface area contributed by atoms with Crippen molar-refractivity contribution < 1.29 is 14.0 Å². The van der Waals surface area contributed by atoms with Crippen LogP contribution in [-0.4, -0.2) is 12.3 Å². The first kappa shape index (κ1) is 18.8. The van der Waals surface area contributed by atoms with Crippen LogP contribution in [0.4, 0.5) is 0 Å². The van der Waals surface area contributed by atoms with Crippen molar-refractivity contribution in [2.24, 2.45) is 0 Å². The summed E-state index contributed by atoms with van der Waals surface area (Å²) < 4.78 is 18.5. The molecule has 1 aromatic heterocycles. The van der Waals surface area contributed by atoms with Crippen molar-refractivity contribution in [3.63, 3.8) is 0 Å². The first-order chi connectivity index (χ1) is 13.6. The molecule has 3 aromatic carbocycles. The zero-order chi connectivity index (χ0) is 19.5. The Balaban J connectivity index is 1.62. The Kier molecular flexibility index (Phi) is 5.50. The smallest absolute Gasteiger partial charge is 0.167 e. The maximum absolute atomic E-state index is 5.90. The lowest BCUT2D eigenvalue weighted by Gasteiger charge is -2.07. The van der Waals surface area contributed by atoms with Gasteiger partial charge in [-0.2, -0.15) is 0 Å². The van der Waals surface area contributed by atoms with Gasteiger partial charge in [-0.25, -0.2) is 0 Å². The van der Waals surface area contributed by atoms with Crippen LogP contribution in [0.1, 0.15) is 0 Å². The molecule has 0 saturated heterocycles. The number of aromatic nitrogens is 1. The van der Waals surface area contributed by atoms with E-state index < -0.39 is 0 Å². The number of benzene rings is 3. The lowest BCUT2D eigenvalue weighted by atomic mass is 10.1. The molecule has 4 aromatic rings. The number of hydrogen-bond donors (Lipinski definition) is 0. The van der Waals surface area contributed by atoms with Crippen LogP contribution in [0, 0.1) is 0 Å². The first-order valence-electron chi connectivity index (χ1n) is 8.47. The Morgan fingerprint density at radius 2 is 1.50 bits per heavy atom. The van der Waals surface area contributed by atoms with E-state index in [1.807, 2.05) is 72.8 Å². The average Bonchev–Trinajstić information content (AvgIpc) is 3.19. The number of nitrogens with zero attached hydrogens (tertiary/aromatic N) is 1. The molecule has 4 rings (SSSR count). The zero-order valence-electron chi connectivity index (χ0n) is 14.9. The van der Waals surface area contributed by atoms with Crippen LogP contribution in [-0.2, 0) is 0 Å². The fourth-order valence-corrected chi connectivity index (χ4v) is 4.30. The Morgan fingerprint density at radius 3 is 2.21 bits per heavy atom. The highest BCUT2D eigenvalue weighted by Gasteiger charge is 2.14. The maximum atomic E-state index is 5.90. The van der Waals surface area contributed by atoms with Crippen molar-refractivity contribution in [3.8, 4) is 39.8 Å².